The Bertz CT molecular complexity index is 92.5. The van der Waals surface area contributed by atoms with Crippen molar-refractivity contribution in [2.75, 3.05) is 6.16 Å². The molecule has 48 valence electrons. The molecule has 0 aliphatic carbocycles. The van der Waals surface area contributed by atoms with Crippen molar-refractivity contribution in [3.05, 3.63) is 0 Å². The topological polar surface area (TPSA) is 73.0 Å². The zero-order valence-corrected chi connectivity index (χ0v) is 5.34. The second kappa shape index (κ2) is 3.78. The van der Waals surface area contributed by atoms with Crippen LogP contribution in [0.5, 0.6) is 0 Å². The molecule has 0 heterocycles. The molecule has 3 N–H and O–H groups in total. The van der Waals surface area contributed by atoms with Gasteiger partial charge in [0.05, 0.1) is 11.9 Å². The molecule has 0 spiro atoms. The highest BCUT2D eigenvalue weighted by atomic mass is 31.2. The third-order valence-corrected chi connectivity index (χ3v) is 1.28. The van der Waals surface area contributed by atoms with Crippen LogP contribution in [0.1, 0.15) is 6.92 Å². The summed E-state index contributed by atoms with van der Waals surface area (Å²) in [6.45, 7) is 1.52. The van der Waals surface area contributed by atoms with E-state index < -0.39 is 8.38 Å². The van der Waals surface area contributed by atoms with Gasteiger partial charge in [-0.05, 0) is 6.92 Å². The van der Waals surface area contributed by atoms with Gasteiger partial charge in [0.2, 0.25) is 0 Å². The summed E-state index contributed by atoms with van der Waals surface area (Å²) in [4.78, 5) is 16.6. The average Bonchev–Trinajstić information content (AvgIpc) is 1.65. The highest BCUT2D eigenvalue weighted by molar-refractivity contribution is 7.46. The predicted octanol–water partition coefficient (Wildman–Crippen LogP) is 0.133. The first-order chi connectivity index (χ1) is 3.66. The van der Waals surface area contributed by atoms with Crippen molar-refractivity contribution < 1.29 is 15.0 Å². The average molecular weight is 137 g/mol. The zero-order valence-electron chi connectivity index (χ0n) is 4.44. The monoisotopic (exact) mass is 137 g/mol. The quantitative estimate of drug-likeness (QED) is 0.219. The summed E-state index contributed by atoms with van der Waals surface area (Å²) in [5.74, 6) is 0. The molecule has 0 unspecified atom stereocenters. The van der Waals surface area contributed by atoms with Crippen LogP contribution >= 0.6 is 8.38 Å². The molecule has 0 amide bonds. The number of hydrogen-bond donors (Lipinski definition) is 3. The first-order valence-corrected chi connectivity index (χ1v) is 3.43. The minimum atomic E-state index is -1.94. The first kappa shape index (κ1) is 7.82. The molecule has 4 nitrogen and oxygen atoms in total. The molecule has 0 bridgehead atoms. The Morgan fingerprint density at radius 3 is 2.25 bits per heavy atom. The van der Waals surface area contributed by atoms with Crippen molar-refractivity contribution in [1.82, 2.24) is 0 Å². The highest BCUT2D eigenvalue weighted by Gasteiger charge is 1.99. The van der Waals surface area contributed by atoms with Crippen LogP contribution in [-0.2, 0) is 0 Å². The summed E-state index contributed by atoms with van der Waals surface area (Å²) in [7, 11) is -1.94. The largest absolute Gasteiger partial charge is 0.411 e. The normalized spacial score (nSPS) is 12.8. The third kappa shape index (κ3) is 3.99. The van der Waals surface area contributed by atoms with Crippen molar-refractivity contribution in [2.45, 2.75) is 6.92 Å². The fourth-order valence-corrected chi connectivity index (χ4v) is 0.709. The van der Waals surface area contributed by atoms with Crippen molar-refractivity contribution in [3.63, 3.8) is 0 Å². The molecule has 0 saturated heterocycles. The van der Waals surface area contributed by atoms with Gasteiger partial charge in [0, 0.05) is 0 Å². The fraction of sp³-hybridized carbons (Fsp3) is 0.667. The predicted molar refractivity (Wildman–Crippen MR) is 31.1 cm³/mol. The lowest BCUT2D eigenvalue weighted by molar-refractivity contribution is 0.318. The summed E-state index contributed by atoms with van der Waals surface area (Å²) in [5.41, 5.74) is 0.334. The van der Waals surface area contributed by atoms with E-state index in [0.29, 0.717) is 5.71 Å². The lowest BCUT2D eigenvalue weighted by Gasteiger charge is -1.96. The Balaban J connectivity index is 3.39. The zero-order chi connectivity index (χ0) is 6.57. The molecule has 0 aliphatic heterocycles. The number of nitrogens with zero attached hydrogens (tertiary/aromatic N) is 1. The van der Waals surface area contributed by atoms with Gasteiger partial charge in [-0.2, -0.15) is 0 Å². The Morgan fingerprint density at radius 1 is 1.62 bits per heavy atom. The standard InChI is InChI=1S/C3H8NO3P/c1-3(4-5)2-8(6)7/h5-7H,2H2,1H3. The molecule has 0 aromatic rings. The van der Waals surface area contributed by atoms with Crippen molar-refractivity contribution >= 4 is 14.1 Å². The van der Waals surface area contributed by atoms with Gasteiger partial charge < -0.3 is 15.0 Å². The van der Waals surface area contributed by atoms with Crippen molar-refractivity contribution in [3.8, 4) is 0 Å². The van der Waals surface area contributed by atoms with Gasteiger partial charge in [-0.25, -0.2) is 0 Å². The maximum absolute atomic E-state index is 8.28. The molecule has 0 rings (SSSR count). The van der Waals surface area contributed by atoms with Gasteiger partial charge in [-0.1, -0.05) is 5.16 Å². The Labute approximate surface area is 48.4 Å². The molecule has 0 saturated carbocycles. The van der Waals surface area contributed by atoms with Gasteiger partial charge in [0.15, 0.2) is 8.38 Å². The second-order valence-corrected chi connectivity index (χ2v) is 2.43. The lowest BCUT2D eigenvalue weighted by atomic mass is 10.5. The molecule has 8 heavy (non-hydrogen) atoms. The third-order valence-electron chi connectivity index (χ3n) is 0.541. The smallest absolute Gasteiger partial charge is 0.171 e. The van der Waals surface area contributed by atoms with Crippen LogP contribution in [0.25, 0.3) is 0 Å². The molecule has 0 atom stereocenters. The van der Waals surface area contributed by atoms with E-state index in [0.717, 1.165) is 0 Å². The van der Waals surface area contributed by atoms with Gasteiger partial charge in [-0.15, -0.1) is 0 Å². The summed E-state index contributed by atoms with van der Waals surface area (Å²) < 4.78 is 0. The van der Waals surface area contributed by atoms with Crippen LogP contribution in [0.4, 0.5) is 0 Å². The van der Waals surface area contributed by atoms with E-state index in [-0.39, 0.29) is 6.16 Å². The van der Waals surface area contributed by atoms with Gasteiger partial charge in [0.1, 0.15) is 0 Å². The summed E-state index contributed by atoms with van der Waals surface area (Å²) in [5, 5.41) is 10.7. The number of rotatable bonds is 2. The Morgan fingerprint density at radius 2 is 2.12 bits per heavy atom. The van der Waals surface area contributed by atoms with Gasteiger partial charge in [-0.3, -0.25) is 0 Å². The van der Waals surface area contributed by atoms with E-state index >= 15 is 0 Å². The number of hydrogen-bond acceptors (Lipinski definition) is 4. The van der Waals surface area contributed by atoms with Crippen LogP contribution < -0.4 is 0 Å². The van der Waals surface area contributed by atoms with Gasteiger partial charge >= 0.3 is 0 Å². The molecule has 0 aliphatic rings. The fourth-order valence-electron chi connectivity index (χ4n) is 0.236. The summed E-state index contributed by atoms with van der Waals surface area (Å²) >= 11 is 0. The maximum atomic E-state index is 8.28. The van der Waals surface area contributed by atoms with Crippen molar-refractivity contribution in [2.24, 2.45) is 5.16 Å². The Kier molecular flexibility index (Phi) is 3.69. The van der Waals surface area contributed by atoms with Crippen LogP contribution in [-0.4, -0.2) is 26.9 Å². The van der Waals surface area contributed by atoms with E-state index in [1.165, 1.54) is 6.92 Å². The first-order valence-electron chi connectivity index (χ1n) is 1.99. The second-order valence-electron chi connectivity index (χ2n) is 1.37. The molecule has 0 radical (unpaired) electrons. The minimum absolute atomic E-state index is 0.0613. The lowest BCUT2D eigenvalue weighted by Crippen LogP contribution is -1.96. The molecule has 0 aromatic carbocycles. The van der Waals surface area contributed by atoms with E-state index in [1.54, 1.807) is 0 Å². The van der Waals surface area contributed by atoms with E-state index in [2.05, 4.69) is 5.16 Å². The SMILES string of the molecule is CC(CP(O)O)=NO. The van der Waals surface area contributed by atoms with Crippen LogP contribution in [0.2, 0.25) is 0 Å². The van der Waals surface area contributed by atoms with Crippen LogP contribution in [0.3, 0.4) is 0 Å². The minimum Gasteiger partial charge on any atom is -0.411 e. The van der Waals surface area contributed by atoms with Crippen LogP contribution in [0, 0.1) is 0 Å². The van der Waals surface area contributed by atoms with E-state index in [9.17, 15) is 0 Å². The molecular weight excluding hydrogens is 129 g/mol. The molecule has 0 aromatic heterocycles. The maximum Gasteiger partial charge on any atom is 0.171 e. The molecule has 0 fully saturated rings. The van der Waals surface area contributed by atoms with E-state index in [1.807, 2.05) is 0 Å². The highest BCUT2D eigenvalue weighted by Crippen LogP contribution is 2.21. The van der Waals surface area contributed by atoms with Crippen molar-refractivity contribution in [1.29, 1.82) is 0 Å². The number of oxime groups is 1. The Hall–Kier alpha value is -0.180. The summed E-state index contributed by atoms with van der Waals surface area (Å²) in [6.07, 6.45) is 0.0613. The van der Waals surface area contributed by atoms with E-state index in [4.69, 9.17) is 15.0 Å². The molecule has 5 heteroatoms. The molecular formula is C3H8NO3P. The van der Waals surface area contributed by atoms with Gasteiger partial charge in [0.25, 0.3) is 0 Å². The van der Waals surface area contributed by atoms with Crippen LogP contribution in [0.15, 0.2) is 5.16 Å². The summed E-state index contributed by atoms with van der Waals surface area (Å²) in [6, 6.07) is 0.